The fourth-order valence-electron chi connectivity index (χ4n) is 1.21. The van der Waals surface area contributed by atoms with Crippen LogP contribution in [0.3, 0.4) is 0 Å². The first-order chi connectivity index (χ1) is 7.15. The normalized spacial score (nSPS) is 10.1. The zero-order valence-corrected chi connectivity index (χ0v) is 11.7. The maximum absolute atomic E-state index is 5.15. The molecule has 0 saturated heterocycles. The van der Waals surface area contributed by atoms with E-state index in [2.05, 4.69) is 43.8 Å². The highest BCUT2D eigenvalue weighted by Crippen LogP contribution is 2.25. The Morgan fingerprint density at radius 3 is 2.87 bits per heavy atom. The van der Waals surface area contributed by atoms with Crippen LogP contribution >= 0.6 is 31.9 Å². The van der Waals surface area contributed by atoms with E-state index in [1.807, 2.05) is 18.2 Å². The molecule has 0 spiro atoms. The predicted molar refractivity (Wildman–Crippen MR) is 71.4 cm³/mol. The Labute approximate surface area is 107 Å². The Kier molecular flexibility index (Phi) is 5.36. The van der Waals surface area contributed by atoms with Crippen molar-refractivity contribution >= 4 is 37.5 Å². The fraction of sp³-hybridized carbons (Fsp3) is 0.273. The SMILES string of the molecule is C=C(Br)CNc1cccc(Br)c1COC. The molecule has 15 heavy (non-hydrogen) atoms. The number of nitrogens with one attached hydrogen (secondary N) is 1. The summed E-state index contributed by atoms with van der Waals surface area (Å²) in [6, 6.07) is 6.01. The molecule has 0 aliphatic heterocycles. The zero-order valence-electron chi connectivity index (χ0n) is 8.52. The quantitative estimate of drug-likeness (QED) is 0.881. The molecule has 2 nitrogen and oxygen atoms in total. The summed E-state index contributed by atoms with van der Waals surface area (Å²) in [7, 11) is 1.69. The molecule has 0 fully saturated rings. The van der Waals surface area contributed by atoms with E-state index in [4.69, 9.17) is 4.74 Å². The van der Waals surface area contributed by atoms with Gasteiger partial charge in [-0.1, -0.05) is 44.5 Å². The van der Waals surface area contributed by atoms with Crippen molar-refractivity contribution in [2.75, 3.05) is 19.0 Å². The molecule has 0 aliphatic rings. The van der Waals surface area contributed by atoms with Crippen molar-refractivity contribution in [1.82, 2.24) is 0 Å². The molecular weight excluding hydrogens is 322 g/mol. The van der Waals surface area contributed by atoms with Crippen LogP contribution < -0.4 is 5.32 Å². The maximum Gasteiger partial charge on any atom is 0.0744 e. The number of ether oxygens (including phenoxy) is 1. The highest BCUT2D eigenvalue weighted by molar-refractivity contribution is 9.11. The van der Waals surface area contributed by atoms with Crippen LogP contribution in [0.25, 0.3) is 0 Å². The van der Waals surface area contributed by atoms with E-state index >= 15 is 0 Å². The van der Waals surface area contributed by atoms with Crippen LogP contribution in [-0.4, -0.2) is 13.7 Å². The lowest BCUT2D eigenvalue weighted by molar-refractivity contribution is 0.185. The minimum atomic E-state index is 0.582. The van der Waals surface area contributed by atoms with Gasteiger partial charge >= 0.3 is 0 Å². The second-order valence-electron chi connectivity index (χ2n) is 3.07. The number of hydrogen-bond acceptors (Lipinski definition) is 2. The molecule has 0 aliphatic carbocycles. The van der Waals surface area contributed by atoms with Gasteiger partial charge in [0, 0.05) is 33.9 Å². The van der Waals surface area contributed by atoms with Gasteiger partial charge in [0.25, 0.3) is 0 Å². The molecule has 0 aromatic heterocycles. The van der Waals surface area contributed by atoms with Gasteiger partial charge in [-0.25, -0.2) is 0 Å². The Morgan fingerprint density at radius 1 is 1.53 bits per heavy atom. The first-order valence-electron chi connectivity index (χ1n) is 4.48. The lowest BCUT2D eigenvalue weighted by Crippen LogP contribution is -2.04. The first kappa shape index (κ1) is 12.7. The molecule has 1 aromatic rings. The molecule has 0 unspecified atom stereocenters. The second-order valence-corrected chi connectivity index (χ2v) is 5.05. The van der Waals surface area contributed by atoms with Crippen molar-refractivity contribution in [2.45, 2.75) is 6.61 Å². The monoisotopic (exact) mass is 333 g/mol. The van der Waals surface area contributed by atoms with E-state index in [1.54, 1.807) is 7.11 Å². The summed E-state index contributed by atoms with van der Waals surface area (Å²) in [5.41, 5.74) is 2.18. The van der Waals surface area contributed by atoms with E-state index in [9.17, 15) is 0 Å². The van der Waals surface area contributed by atoms with Crippen LogP contribution in [-0.2, 0) is 11.3 Å². The van der Waals surface area contributed by atoms with Crippen LogP contribution in [0.5, 0.6) is 0 Å². The average molecular weight is 335 g/mol. The van der Waals surface area contributed by atoms with Gasteiger partial charge in [-0.3, -0.25) is 0 Å². The van der Waals surface area contributed by atoms with Crippen LogP contribution in [0, 0.1) is 0 Å². The zero-order chi connectivity index (χ0) is 11.3. The van der Waals surface area contributed by atoms with Crippen molar-refractivity contribution < 1.29 is 4.74 Å². The maximum atomic E-state index is 5.15. The van der Waals surface area contributed by atoms with Crippen molar-refractivity contribution in [3.63, 3.8) is 0 Å². The minimum Gasteiger partial charge on any atom is -0.380 e. The van der Waals surface area contributed by atoms with Gasteiger partial charge in [-0.05, 0) is 12.1 Å². The lowest BCUT2D eigenvalue weighted by Gasteiger charge is -2.12. The van der Waals surface area contributed by atoms with Gasteiger partial charge in [-0.15, -0.1) is 0 Å². The van der Waals surface area contributed by atoms with Gasteiger partial charge in [-0.2, -0.15) is 0 Å². The number of halogens is 2. The van der Waals surface area contributed by atoms with Gasteiger partial charge in [0.2, 0.25) is 0 Å². The lowest BCUT2D eigenvalue weighted by atomic mass is 10.2. The molecule has 0 bridgehead atoms. The third-order valence-electron chi connectivity index (χ3n) is 1.88. The summed E-state index contributed by atoms with van der Waals surface area (Å²) in [6.07, 6.45) is 0. The van der Waals surface area contributed by atoms with E-state index in [0.29, 0.717) is 13.2 Å². The van der Waals surface area contributed by atoms with Gasteiger partial charge in [0.1, 0.15) is 0 Å². The third-order valence-corrected chi connectivity index (χ3v) is 2.90. The summed E-state index contributed by atoms with van der Waals surface area (Å²) in [5, 5.41) is 3.28. The number of hydrogen-bond donors (Lipinski definition) is 1. The molecule has 0 saturated carbocycles. The van der Waals surface area contributed by atoms with Crippen molar-refractivity contribution in [1.29, 1.82) is 0 Å². The van der Waals surface area contributed by atoms with Crippen molar-refractivity contribution in [2.24, 2.45) is 0 Å². The number of benzene rings is 1. The molecule has 0 heterocycles. The third kappa shape index (κ3) is 3.97. The van der Waals surface area contributed by atoms with E-state index in [-0.39, 0.29) is 0 Å². The highest BCUT2D eigenvalue weighted by Gasteiger charge is 2.05. The number of rotatable bonds is 5. The van der Waals surface area contributed by atoms with Gasteiger partial charge in [0.15, 0.2) is 0 Å². The molecule has 0 atom stereocenters. The summed E-state index contributed by atoms with van der Waals surface area (Å²) in [4.78, 5) is 0. The van der Waals surface area contributed by atoms with E-state index in [0.717, 1.165) is 20.2 Å². The van der Waals surface area contributed by atoms with Crippen LogP contribution in [0.4, 0.5) is 5.69 Å². The minimum absolute atomic E-state index is 0.582. The largest absolute Gasteiger partial charge is 0.380 e. The first-order valence-corrected chi connectivity index (χ1v) is 6.07. The summed E-state index contributed by atoms with van der Waals surface area (Å²) < 4.78 is 7.12. The van der Waals surface area contributed by atoms with Crippen LogP contribution in [0.1, 0.15) is 5.56 Å². The second kappa shape index (κ2) is 6.30. The Balaban J connectivity index is 2.85. The van der Waals surface area contributed by atoms with Crippen LogP contribution in [0.15, 0.2) is 33.7 Å². The molecule has 1 rings (SSSR count). The summed E-state index contributed by atoms with van der Waals surface area (Å²) in [6.45, 7) is 5.06. The summed E-state index contributed by atoms with van der Waals surface area (Å²) >= 11 is 6.82. The molecule has 0 amide bonds. The molecule has 1 aromatic carbocycles. The molecule has 82 valence electrons. The highest BCUT2D eigenvalue weighted by atomic mass is 79.9. The topological polar surface area (TPSA) is 21.3 Å². The van der Waals surface area contributed by atoms with Crippen LogP contribution in [0.2, 0.25) is 0 Å². The average Bonchev–Trinajstić information content (AvgIpc) is 2.19. The summed E-state index contributed by atoms with van der Waals surface area (Å²) in [5.74, 6) is 0. The molecule has 0 radical (unpaired) electrons. The Hall–Kier alpha value is -0.320. The van der Waals surface area contributed by atoms with Gasteiger partial charge in [0.05, 0.1) is 6.61 Å². The molecule has 4 heteroatoms. The van der Waals surface area contributed by atoms with Crippen molar-refractivity contribution in [3.05, 3.63) is 39.3 Å². The van der Waals surface area contributed by atoms with E-state index in [1.165, 1.54) is 0 Å². The standard InChI is InChI=1S/C11H13Br2NO/c1-8(12)6-14-11-5-3-4-10(13)9(11)7-15-2/h3-5,14H,1,6-7H2,2H3. The molecule has 1 N–H and O–H groups in total. The Bertz CT molecular complexity index is 352. The van der Waals surface area contributed by atoms with E-state index < -0.39 is 0 Å². The Morgan fingerprint density at radius 2 is 2.27 bits per heavy atom. The van der Waals surface area contributed by atoms with Crippen molar-refractivity contribution in [3.8, 4) is 0 Å². The predicted octanol–water partition coefficient (Wildman–Crippen LogP) is 3.92. The fourth-order valence-corrected chi connectivity index (χ4v) is 1.83. The molecular formula is C11H13Br2NO. The van der Waals surface area contributed by atoms with Gasteiger partial charge < -0.3 is 10.1 Å². The number of methoxy groups -OCH3 is 1. The number of anilines is 1. The smallest absolute Gasteiger partial charge is 0.0744 e.